The molecule has 274 valence electrons. The van der Waals surface area contributed by atoms with Crippen molar-refractivity contribution in [3.05, 3.63) is 205 Å². The van der Waals surface area contributed by atoms with Gasteiger partial charge in [0.05, 0.1) is 27.9 Å². The second-order valence-corrected chi connectivity index (χ2v) is 15.9. The first-order valence-corrected chi connectivity index (χ1v) is 20.4. The van der Waals surface area contributed by atoms with E-state index in [0.717, 1.165) is 40.9 Å². The van der Waals surface area contributed by atoms with Gasteiger partial charge in [-0.3, -0.25) is 4.98 Å². The van der Waals surface area contributed by atoms with Crippen molar-refractivity contribution in [2.75, 3.05) is 0 Å². The number of hydrogen-bond donors (Lipinski definition) is 0. The highest BCUT2D eigenvalue weighted by Gasteiger charge is 2.26. The van der Waals surface area contributed by atoms with Gasteiger partial charge in [-0.2, -0.15) is 0 Å². The lowest BCUT2D eigenvalue weighted by atomic mass is 9.93. The van der Waals surface area contributed by atoms with E-state index in [2.05, 4.69) is 192 Å². The number of fused-ring (bicyclic) bond motifs is 9. The van der Waals surface area contributed by atoms with Crippen LogP contribution in [-0.4, -0.2) is 14.1 Å². The van der Waals surface area contributed by atoms with E-state index < -0.39 is 0 Å². The Morgan fingerprint density at radius 1 is 0.500 bits per heavy atom. The van der Waals surface area contributed by atoms with Crippen molar-refractivity contribution in [1.29, 1.82) is 0 Å². The summed E-state index contributed by atoms with van der Waals surface area (Å²) in [4.78, 5) is 4.99. The average molecular weight is 742 g/mol. The Bertz CT molecular complexity index is 3300. The third-order valence-corrected chi connectivity index (χ3v) is 12.6. The molecule has 10 aromatic rings. The normalized spacial score (nSPS) is 14.3. The smallest absolute Gasteiger partial charge is 0.0801 e. The lowest BCUT2D eigenvalue weighted by Gasteiger charge is -2.20. The minimum absolute atomic E-state index is 0.454. The first-order chi connectivity index (χ1) is 28.7. The van der Waals surface area contributed by atoms with Crippen molar-refractivity contribution in [3.8, 4) is 56.0 Å². The van der Waals surface area contributed by atoms with Crippen molar-refractivity contribution in [2.45, 2.75) is 25.7 Å². The Labute approximate surface area is 337 Å². The lowest BCUT2D eigenvalue weighted by molar-refractivity contribution is 0.723. The van der Waals surface area contributed by atoms with Crippen LogP contribution in [0.15, 0.2) is 182 Å². The third-order valence-electron chi connectivity index (χ3n) is 12.6. The van der Waals surface area contributed by atoms with Crippen molar-refractivity contribution < 1.29 is 0 Å². The highest BCUT2D eigenvalue weighted by molar-refractivity contribution is 6.11. The van der Waals surface area contributed by atoms with Gasteiger partial charge in [-0.25, -0.2) is 0 Å². The van der Waals surface area contributed by atoms with Crippen LogP contribution in [0.5, 0.6) is 0 Å². The van der Waals surface area contributed by atoms with Crippen LogP contribution in [0, 0.1) is 0 Å². The first-order valence-electron chi connectivity index (χ1n) is 20.4. The number of benzene rings is 7. The molecule has 0 aliphatic heterocycles. The van der Waals surface area contributed by atoms with E-state index >= 15 is 0 Å². The van der Waals surface area contributed by atoms with Gasteiger partial charge in [0, 0.05) is 56.3 Å². The Balaban J connectivity index is 0.984. The molecule has 0 saturated carbocycles. The van der Waals surface area contributed by atoms with Gasteiger partial charge in [-0.05, 0) is 106 Å². The second kappa shape index (κ2) is 12.9. The largest absolute Gasteiger partial charge is 0.313 e. The maximum Gasteiger partial charge on any atom is 0.0801 e. The van der Waals surface area contributed by atoms with Gasteiger partial charge in [-0.15, -0.1) is 0 Å². The van der Waals surface area contributed by atoms with Gasteiger partial charge in [0.25, 0.3) is 0 Å². The molecule has 3 nitrogen and oxygen atoms in total. The van der Waals surface area contributed by atoms with Gasteiger partial charge < -0.3 is 9.13 Å². The molecule has 3 aromatic heterocycles. The van der Waals surface area contributed by atoms with Crippen LogP contribution >= 0.6 is 0 Å². The molecule has 2 aliphatic carbocycles. The summed E-state index contributed by atoms with van der Waals surface area (Å²) in [6.45, 7) is 2.36. The number of pyridine rings is 1. The topological polar surface area (TPSA) is 22.8 Å². The number of nitrogens with zero attached hydrogens (tertiary/aromatic N) is 3. The van der Waals surface area contributed by atoms with E-state index in [1.807, 2.05) is 12.3 Å². The zero-order chi connectivity index (χ0) is 38.3. The Morgan fingerprint density at radius 3 is 2.05 bits per heavy atom. The van der Waals surface area contributed by atoms with Crippen LogP contribution < -0.4 is 0 Å². The average Bonchev–Trinajstić information content (AvgIpc) is 3.94. The summed E-state index contributed by atoms with van der Waals surface area (Å²) >= 11 is 0. The monoisotopic (exact) mass is 741 g/mol. The van der Waals surface area contributed by atoms with E-state index in [1.165, 1.54) is 83.0 Å². The third kappa shape index (κ3) is 4.96. The molecule has 2 aliphatic rings. The minimum atomic E-state index is 0.454. The molecule has 3 heteroatoms. The zero-order valence-electron chi connectivity index (χ0n) is 32.2. The molecule has 1 atom stereocenters. The van der Waals surface area contributed by atoms with E-state index in [0.29, 0.717) is 5.92 Å². The first kappa shape index (κ1) is 33.0. The Hall–Kier alpha value is -7.23. The summed E-state index contributed by atoms with van der Waals surface area (Å²) in [6, 6.07) is 62.4. The molecule has 0 fully saturated rings. The molecule has 12 rings (SSSR count). The molecular weight excluding hydrogens is 703 g/mol. The fourth-order valence-corrected chi connectivity index (χ4v) is 9.95. The van der Waals surface area contributed by atoms with Gasteiger partial charge in [0.1, 0.15) is 0 Å². The molecular formula is C55H39N3. The molecule has 0 N–H and O–H groups in total. The SMILES string of the molecule is CC1CC=Cc2c1n(-c1ccc3c(c1)-c1cc(-c4ccc5c(c4)c4ccccc4n5-c4ccccc4-c4ncccc4-c4ccccc4)ccc1C3)c1ccccc21. The van der Waals surface area contributed by atoms with Crippen molar-refractivity contribution in [1.82, 2.24) is 14.1 Å². The summed E-state index contributed by atoms with van der Waals surface area (Å²) in [5.74, 6) is 0.454. The lowest BCUT2D eigenvalue weighted by Crippen LogP contribution is -2.07. The molecule has 0 amide bonds. The fourth-order valence-electron chi connectivity index (χ4n) is 9.95. The standard InChI is InChI=1S/C55H39N3/c1-35-13-11-19-45-43-16-5-8-21-50(43)57(55(35)45)41-28-26-40-31-39-25-24-37(32-47(39)48(40)34-41)38-27-29-53-49(33-38)44-17-6-9-22-51(44)58(53)52-23-10-7-18-46(52)54-42(20-12-30-56-54)36-14-3-2-4-15-36/h2-12,14-30,32-35H,13,31H2,1H3. The van der Waals surface area contributed by atoms with E-state index in [1.54, 1.807) is 0 Å². The number of para-hydroxylation sites is 3. The Kier molecular flexibility index (Phi) is 7.33. The second-order valence-electron chi connectivity index (χ2n) is 15.9. The predicted molar refractivity (Wildman–Crippen MR) is 242 cm³/mol. The van der Waals surface area contributed by atoms with E-state index in [-0.39, 0.29) is 0 Å². The van der Waals surface area contributed by atoms with Crippen LogP contribution in [0.2, 0.25) is 0 Å². The molecule has 1 unspecified atom stereocenters. The highest BCUT2D eigenvalue weighted by atomic mass is 15.0. The number of allylic oxidation sites excluding steroid dienone is 1. The molecule has 0 radical (unpaired) electrons. The van der Waals surface area contributed by atoms with Crippen LogP contribution in [0.1, 0.15) is 41.6 Å². The summed E-state index contributed by atoms with van der Waals surface area (Å²) < 4.78 is 4.95. The molecule has 0 saturated heterocycles. The molecule has 0 bridgehead atoms. The van der Waals surface area contributed by atoms with Crippen molar-refractivity contribution in [2.24, 2.45) is 0 Å². The maximum absolute atomic E-state index is 4.99. The van der Waals surface area contributed by atoms with Crippen LogP contribution in [0.3, 0.4) is 0 Å². The quantitative estimate of drug-likeness (QED) is 0.172. The van der Waals surface area contributed by atoms with Crippen LogP contribution in [0.4, 0.5) is 0 Å². The van der Waals surface area contributed by atoms with Crippen molar-refractivity contribution >= 4 is 38.8 Å². The van der Waals surface area contributed by atoms with Gasteiger partial charge in [0.15, 0.2) is 0 Å². The summed E-state index contributed by atoms with van der Waals surface area (Å²) in [7, 11) is 0. The Morgan fingerprint density at radius 2 is 1.17 bits per heavy atom. The fraction of sp³-hybridized carbons (Fsp3) is 0.0727. The summed E-state index contributed by atoms with van der Waals surface area (Å²) in [5, 5.41) is 3.81. The van der Waals surface area contributed by atoms with E-state index in [4.69, 9.17) is 4.98 Å². The number of rotatable bonds is 5. The highest BCUT2D eigenvalue weighted by Crippen LogP contribution is 2.45. The van der Waals surface area contributed by atoms with Gasteiger partial charge in [-0.1, -0.05) is 134 Å². The number of hydrogen-bond acceptors (Lipinski definition) is 1. The predicted octanol–water partition coefficient (Wildman–Crippen LogP) is 14.2. The summed E-state index contributed by atoms with van der Waals surface area (Å²) in [5.41, 5.74) is 21.1. The molecule has 7 aromatic carbocycles. The molecule has 0 spiro atoms. The van der Waals surface area contributed by atoms with E-state index in [9.17, 15) is 0 Å². The number of aromatic nitrogens is 3. The summed E-state index contributed by atoms with van der Waals surface area (Å²) in [6.07, 6.45) is 8.60. The minimum Gasteiger partial charge on any atom is -0.313 e. The molecule has 58 heavy (non-hydrogen) atoms. The van der Waals surface area contributed by atoms with Gasteiger partial charge in [0.2, 0.25) is 0 Å². The van der Waals surface area contributed by atoms with Crippen molar-refractivity contribution in [3.63, 3.8) is 0 Å². The van der Waals surface area contributed by atoms with Gasteiger partial charge >= 0.3 is 0 Å². The maximum atomic E-state index is 4.99. The zero-order valence-corrected chi connectivity index (χ0v) is 32.2. The van der Waals surface area contributed by atoms with Crippen LogP contribution in [-0.2, 0) is 6.42 Å². The van der Waals surface area contributed by atoms with Crippen LogP contribution in [0.25, 0.3) is 94.8 Å². The molecule has 3 heterocycles.